The number of nitrogens with one attached hydrogen (secondary N) is 2. The maximum atomic E-state index is 12.5. The van der Waals surface area contributed by atoms with Crippen LogP contribution in [0.15, 0.2) is 4.99 Å². The summed E-state index contributed by atoms with van der Waals surface area (Å²) in [5.74, 6) is 1.47. The highest BCUT2D eigenvalue weighted by atomic mass is 127. The molecule has 8 nitrogen and oxygen atoms in total. The molecule has 0 aromatic rings. The Kier molecular flexibility index (Phi) is 8.60. The normalized spacial score (nSPS) is 26.2. The van der Waals surface area contributed by atoms with Crippen molar-refractivity contribution in [3.63, 3.8) is 0 Å². The second-order valence-electron chi connectivity index (χ2n) is 7.46. The lowest BCUT2D eigenvalue weighted by atomic mass is 10.1. The van der Waals surface area contributed by atoms with Crippen molar-refractivity contribution >= 4 is 45.9 Å². The van der Waals surface area contributed by atoms with Crippen molar-refractivity contribution < 1.29 is 13.2 Å². The maximum absolute atomic E-state index is 12.5. The van der Waals surface area contributed by atoms with Crippen LogP contribution in [0.3, 0.4) is 0 Å². The monoisotopic (exact) mass is 513 g/mol. The Morgan fingerprint density at radius 3 is 2.52 bits per heavy atom. The average Bonchev–Trinajstić information content (AvgIpc) is 3.35. The molecule has 10 heteroatoms. The quantitative estimate of drug-likeness (QED) is 0.319. The minimum Gasteiger partial charge on any atom is -0.355 e. The summed E-state index contributed by atoms with van der Waals surface area (Å²) in [4.78, 5) is 18.7. The summed E-state index contributed by atoms with van der Waals surface area (Å²) >= 11 is 0. The predicted octanol–water partition coefficient (Wildman–Crippen LogP) is 0.596. The number of carbonyl (C=O) groups is 1. The van der Waals surface area contributed by atoms with Gasteiger partial charge in [-0.1, -0.05) is 12.8 Å². The summed E-state index contributed by atoms with van der Waals surface area (Å²) in [6, 6.07) is 0.196. The van der Waals surface area contributed by atoms with Gasteiger partial charge in [-0.25, -0.2) is 12.7 Å². The molecule has 1 saturated carbocycles. The molecule has 1 atom stereocenters. The average molecular weight is 513 g/mol. The van der Waals surface area contributed by atoms with Crippen LogP contribution in [0.25, 0.3) is 0 Å². The van der Waals surface area contributed by atoms with E-state index in [0.29, 0.717) is 37.9 Å². The van der Waals surface area contributed by atoms with Crippen LogP contribution in [0.1, 0.15) is 38.5 Å². The van der Waals surface area contributed by atoms with Crippen molar-refractivity contribution in [2.24, 2.45) is 10.9 Å². The molecule has 0 radical (unpaired) electrons. The third-order valence-electron chi connectivity index (χ3n) is 5.63. The van der Waals surface area contributed by atoms with Crippen molar-refractivity contribution in [2.75, 3.05) is 45.5 Å². The third-order valence-corrected chi connectivity index (χ3v) is 7.58. The zero-order chi connectivity index (χ0) is 18.6. The van der Waals surface area contributed by atoms with Gasteiger partial charge in [-0.15, -0.1) is 24.0 Å². The van der Waals surface area contributed by atoms with Gasteiger partial charge in [0.15, 0.2) is 5.96 Å². The van der Waals surface area contributed by atoms with Gasteiger partial charge in [0.25, 0.3) is 0 Å². The van der Waals surface area contributed by atoms with Gasteiger partial charge < -0.3 is 15.5 Å². The number of aliphatic imine (C=N–C) groups is 1. The van der Waals surface area contributed by atoms with E-state index in [2.05, 4.69) is 15.6 Å². The zero-order valence-electron chi connectivity index (χ0n) is 16.0. The molecule has 2 saturated heterocycles. The summed E-state index contributed by atoms with van der Waals surface area (Å²) in [6.45, 7) is 3.11. The van der Waals surface area contributed by atoms with Crippen LogP contribution < -0.4 is 10.6 Å². The largest absolute Gasteiger partial charge is 0.355 e. The van der Waals surface area contributed by atoms with Gasteiger partial charge in [-0.05, 0) is 25.7 Å². The van der Waals surface area contributed by atoms with Gasteiger partial charge in [-0.3, -0.25) is 9.79 Å². The molecule has 2 aliphatic heterocycles. The van der Waals surface area contributed by atoms with E-state index in [1.807, 2.05) is 4.90 Å². The van der Waals surface area contributed by atoms with Crippen LogP contribution in [0.4, 0.5) is 0 Å². The number of carbonyl (C=O) groups excluding carboxylic acids is 1. The fourth-order valence-corrected chi connectivity index (χ4v) is 5.67. The molecule has 0 aromatic heterocycles. The molecular weight excluding hydrogens is 481 g/mol. The van der Waals surface area contributed by atoms with Crippen LogP contribution >= 0.6 is 24.0 Å². The third kappa shape index (κ3) is 5.93. The molecule has 3 aliphatic rings. The molecular formula is C17H32IN5O3S. The highest BCUT2D eigenvalue weighted by Gasteiger charge is 2.32. The SMILES string of the molecule is CN=C(NCCN1CCCS1(=O)=O)NC1CCN(C(=O)C2CCCC2)C1.I. The molecule has 156 valence electrons. The summed E-state index contributed by atoms with van der Waals surface area (Å²) < 4.78 is 25.2. The first-order valence-corrected chi connectivity index (χ1v) is 11.3. The molecule has 0 spiro atoms. The Hall–Kier alpha value is -0.620. The molecule has 2 heterocycles. The van der Waals surface area contributed by atoms with Gasteiger partial charge in [0, 0.05) is 51.7 Å². The van der Waals surface area contributed by atoms with Gasteiger partial charge >= 0.3 is 0 Å². The lowest BCUT2D eigenvalue weighted by Crippen LogP contribution is -2.47. The van der Waals surface area contributed by atoms with E-state index >= 15 is 0 Å². The van der Waals surface area contributed by atoms with Crippen molar-refractivity contribution in [2.45, 2.75) is 44.6 Å². The lowest BCUT2D eigenvalue weighted by molar-refractivity contribution is -0.134. The number of likely N-dealkylation sites (tertiary alicyclic amines) is 1. The van der Waals surface area contributed by atoms with E-state index < -0.39 is 10.0 Å². The first kappa shape index (κ1) is 22.7. The molecule has 3 rings (SSSR count). The number of hydrogen-bond acceptors (Lipinski definition) is 4. The lowest BCUT2D eigenvalue weighted by Gasteiger charge is -2.22. The van der Waals surface area contributed by atoms with Crippen molar-refractivity contribution in [1.29, 1.82) is 0 Å². The van der Waals surface area contributed by atoms with Crippen LogP contribution in [0, 0.1) is 5.92 Å². The summed E-state index contributed by atoms with van der Waals surface area (Å²) in [7, 11) is -1.34. The molecule has 3 fully saturated rings. The second-order valence-corrected chi connectivity index (χ2v) is 9.55. The molecule has 2 N–H and O–H groups in total. The second kappa shape index (κ2) is 10.2. The number of hydrogen-bond donors (Lipinski definition) is 2. The van der Waals surface area contributed by atoms with Crippen LogP contribution in [-0.2, 0) is 14.8 Å². The van der Waals surface area contributed by atoms with E-state index in [4.69, 9.17) is 0 Å². The Morgan fingerprint density at radius 2 is 1.89 bits per heavy atom. The summed E-state index contributed by atoms with van der Waals surface area (Å²) in [5, 5.41) is 6.55. The maximum Gasteiger partial charge on any atom is 0.225 e. The topological polar surface area (TPSA) is 94.1 Å². The fraction of sp³-hybridized carbons (Fsp3) is 0.882. The smallest absolute Gasteiger partial charge is 0.225 e. The zero-order valence-corrected chi connectivity index (χ0v) is 19.2. The van der Waals surface area contributed by atoms with E-state index in [-0.39, 0.29) is 41.7 Å². The summed E-state index contributed by atoms with van der Waals surface area (Å²) in [5.41, 5.74) is 0. The van der Waals surface area contributed by atoms with E-state index in [0.717, 1.165) is 32.4 Å². The highest BCUT2D eigenvalue weighted by Crippen LogP contribution is 2.27. The van der Waals surface area contributed by atoms with E-state index in [1.54, 1.807) is 7.05 Å². The number of rotatable bonds is 5. The molecule has 27 heavy (non-hydrogen) atoms. The minimum absolute atomic E-state index is 0. The Morgan fingerprint density at radius 1 is 1.15 bits per heavy atom. The Balaban J connectivity index is 0.00000261. The predicted molar refractivity (Wildman–Crippen MR) is 117 cm³/mol. The van der Waals surface area contributed by atoms with E-state index in [1.165, 1.54) is 17.1 Å². The molecule has 1 unspecified atom stereocenters. The molecule has 0 bridgehead atoms. The first-order chi connectivity index (χ1) is 12.5. The van der Waals surface area contributed by atoms with Gasteiger partial charge in [-0.2, -0.15) is 0 Å². The van der Waals surface area contributed by atoms with Crippen LogP contribution in [0.2, 0.25) is 0 Å². The van der Waals surface area contributed by atoms with Crippen molar-refractivity contribution in [3.05, 3.63) is 0 Å². The molecule has 1 amide bonds. The number of guanidine groups is 1. The number of halogens is 1. The fourth-order valence-electron chi connectivity index (χ4n) is 4.14. The van der Waals surface area contributed by atoms with Crippen molar-refractivity contribution in [1.82, 2.24) is 19.8 Å². The molecule has 0 aromatic carbocycles. The Bertz CT molecular complexity index is 636. The van der Waals surface area contributed by atoms with E-state index in [9.17, 15) is 13.2 Å². The highest BCUT2D eigenvalue weighted by molar-refractivity contribution is 14.0. The van der Waals surface area contributed by atoms with Crippen LogP contribution in [0.5, 0.6) is 0 Å². The van der Waals surface area contributed by atoms with Gasteiger partial charge in [0.2, 0.25) is 15.9 Å². The van der Waals surface area contributed by atoms with Gasteiger partial charge in [0.1, 0.15) is 0 Å². The number of amides is 1. The van der Waals surface area contributed by atoms with Crippen molar-refractivity contribution in [3.8, 4) is 0 Å². The molecule has 1 aliphatic carbocycles. The van der Waals surface area contributed by atoms with Gasteiger partial charge in [0.05, 0.1) is 5.75 Å². The van der Waals surface area contributed by atoms with Crippen LogP contribution in [-0.4, -0.2) is 81.1 Å². The number of nitrogens with zero attached hydrogens (tertiary/aromatic N) is 3. The minimum atomic E-state index is -3.05. The standard InChI is InChI=1S/C17H31N5O3S.HI/c1-18-17(19-8-11-22-9-4-12-26(22,24)25)20-15-7-10-21(13-15)16(23)14-5-2-3-6-14;/h14-15H,2-13H2,1H3,(H2,18,19,20);1H. The Labute approximate surface area is 179 Å². The summed E-state index contributed by atoms with van der Waals surface area (Å²) in [6.07, 6.45) is 6.05. The first-order valence-electron chi connectivity index (χ1n) is 9.73. The number of sulfonamides is 1.